The molecule has 5 nitrogen and oxygen atoms in total. The predicted octanol–water partition coefficient (Wildman–Crippen LogP) is 3.87. The van der Waals surface area contributed by atoms with Gasteiger partial charge in [0.25, 0.3) is 0 Å². The quantitative estimate of drug-likeness (QED) is 0.696. The van der Waals surface area contributed by atoms with Crippen LogP contribution in [0.1, 0.15) is 22.3 Å². The first kappa shape index (κ1) is 19.7. The van der Waals surface area contributed by atoms with Crippen molar-refractivity contribution in [3.63, 3.8) is 0 Å². The second-order valence-electron chi connectivity index (χ2n) is 7.33. The molecule has 0 spiro atoms. The minimum absolute atomic E-state index is 0.117. The lowest BCUT2D eigenvalue weighted by atomic mass is 10.0. The highest BCUT2D eigenvalue weighted by Crippen LogP contribution is 2.26. The molecule has 0 bridgehead atoms. The van der Waals surface area contributed by atoms with E-state index in [0.717, 1.165) is 39.4 Å². The SMILES string of the molecule is COc1ccc(-c2c/c(=N/c3c(C)cc(C)cc3C)n(C)c(=O)n2C)c(C)c1. The summed E-state index contributed by atoms with van der Waals surface area (Å²) in [7, 11) is 5.19. The molecule has 0 saturated carbocycles. The van der Waals surface area contributed by atoms with E-state index in [4.69, 9.17) is 9.73 Å². The largest absolute Gasteiger partial charge is 0.497 e. The summed E-state index contributed by atoms with van der Waals surface area (Å²) in [5.74, 6) is 0.795. The van der Waals surface area contributed by atoms with E-state index in [9.17, 15) is 4.79 Å². The number of hydrogen-bond acceptors (Lipinski definition) is 3. The van der Waals surface area contributed by atoms with Gasteiger partial charge in [-0.25, -0.2) is 9.79 Å². The average molecular weight is 377 g/mol. The molecule has 0 aliphatic rings. The monoisotopic (exact) mass is 377 g/mol. The van der Waals surface area contributed by atoms with Crippen LogP contribution in [0.2, 0.25) is 0 Å². The Kier molecular flexibility index (Phi) is 5.27. The van der Waals surface area contributed by atoms with E-state index in [0.29, 0.717) is 5.49 Å². The topological polar surface area (TPSA) is 48.5 Å². The molecule has 1 aromatic heterocycles. The Morgan fingerprint density at radius 2 is 1.50 bits per heavy atom. The molecule has 1 heterocycles. The van der Waals surface area contributed by atoms with Crippen LogP contribution in [0.4, 0.5) is 5.69 Å². The van der Waals surface area contributed by atoms with Gasteiger partial charge in [-0.15, -0.1) is 0 Å². The van der Waals surface area contributed by atoms with Crippen molar-refractivity contribution in [1.29, 1.82) is 0 Å². The van der Waals surface area contributed by atoms with Gasteiger partial charge < -0.3 is 4.74 Å². The fourth-order valence-corrected chi connectivity index (χ4v) is 3.62. The van der Waals surface area contributed by atoms with Crippen molar-refractivity contribution in [2.45, 2.75) is 27.7 Å². The van der Waals surface area contributed by atoms with Gasteiger partial charge in [-0.3, -0.25) is 9.13 Å². The van der Waals surface area contributed by atoms with Crippen molar-refractivity contribution in [2.75, 3.05) is 7.11 Å². The minimum Gasteiger partial charge on any atom is -0.497 e. The maximum atomic E-state index is 12.9. The first-order valence-electron chi connectivity index (χ1n) is 9.27. The molecule has 2 aromatic carbocycles. The fraction of sp³-hybridized carbons (Fsp3) is 0.304. The van der Waals surface area contributed by atoms with Crippen LogP contribution in [0.15, 0.2) is 46.2 Å². The number of ether oxygens (including phenoxy) is 1. The summed E-state index contributed by atoms with van der Waals surface area (Å²) in [5.41, 5.74) is 7.66. The molecule has 0 aliphatic carbocycles. The molecule has 3 rings (SSSR count). The molecule has 0 atom stereocenters. The minimum atomic E-state index is -0.117. The van der Waals surface area contributed by atoms with E-state index in [1.165, 1.54) is 5.56 Å². The van der Waals surface area contributed by atoms with Crippen molar-refractivity contribution in [3.8, 4) is 17.0 Å². The van der Waals surface area contributed by atoms with Crippen LogP contribution in [-0.2, 0) is 14.1 Å². The third-order valence-corrected chi connectivity index (χ3v) is 5.12. The average Bonchev–Trinajstić information content (AvgIpc) is 2.64. The van der Waals surface area contributed by atoms with Crippen LogP contribution in [0, 0.1) is 27.7 Å². The maximum Gasteiger partial charge on any atom is 0.329 e. The summed E-state index contributed by atoms with van der Waals surface area (Å²) < 4.78 is 8.55. The van der Waals surface area contributed by atoms with Gasteiger partial charge in [0, 0.05) is 25.7 Å². The highest BCUT2D eigenvalue weighted by molar-refractivity contribution is 5.65. The van der Waals surface area contributed by atoms with E-state index in [1.54, 1.807) is 30.3 Å². The second-order valence-corrected chi connectivity index (χ2v) is 7.33. The number of nitrogens with zero attached hydrogens (tertiary/aromatic N) is 3. The molecular formula is C23H27N3O2. The van der Waals surface area contributed by atoms with Gasteiger partial charge in [-0.2, -0.15) is 0 Å². The van der Waals surface area contributed by atoms with Gasteiger partial charge in [0.2, 0.25) is 0 Å². The van der Waals surface area contributed by atoms with Crippen LogP contribution in [0.25, 0.3) is 11.3 Å². The number of benzene rings is 2. The molecule has 28 heavy (non-hydrogen) atoms. The van der Waals surface area contributed by atoms with E-state index < -0.39 is 0 Å². The summed E-state index contributed by atoms with van der Waals surface area (Å²) >= 11 is 0. The number of methoxy groups -OCH3 is 1. The zero-order chi connectivity index (χ0) is 20.6. The first-order valence-corrected chi connectivity index (χ1v) is 9.27. The molecule has 5 heteroatoms. The first-order chi connectivity index (χ1) is 13.2. The Morgan fingerprint density at radius 3 is 2.07 bits per heavy atom. The molecule has 0 saturated heterocycles. The van der Waals surface area contributed by atoms with E-state index >= 15 is 0 Å². The van der Waals surface area contributed by atoms with Gasteiger partial charge >= 0.3 is 5.69 Å². The van der Waals surface area contributed by atoms with Crippen LogP contribution >= 0.6 is 0 Å². The summed E-state index contributed by atoms with van der Waals surface area (Å²) in [4.78, 5) is 17.7. The molecule has 0 unspecified atom stereocenters. The Hall–Kier alpha value is -3.08. The van der Waals surface area contributed by atoms with Crippen molar-refractivity contribution >= 4 is 5.69 Å². The summed E-state index contributed by atoms with van der Waals surface area (Å²) in [6.45, 7) is 8.19. The number of aromatic nitrogens is 2. The van der Waals surface area contributed by atoms with Gasteiger partial charge in [-0.1, -0.05) is 17.7 Å². The molecule has 0 amide bonds. The van der Waals surface area contributed by atoms with Crippen molar-refractivity contribution in [2.24, 2.45) is 19.1 Å². The van der Waals surface area contributed by atoms with Crippen molar-refractivity contribution < 1.29 is 4.74 Å². The van der Waals surface area contributed by atoms with Gasteiger partial charge in [-0.05, 0) is 62.6 Å². The van der Waals surface area contributed by atoms with Crippen molar-refractivity contribution in [1.82, 2.24) is 9.13 Å². The van der Waals surface area contributed by atoms with E-state index in [1.807, 2.05) is 31.2 Å². The Labute approximate surface area is 165 Å². The molecule has 146 valence electrons. The number of rotatable bonds is 3. The Bertz CT molecular complexity index is 1160. The molecule has 0 N–H and O–H groups in total. The molecular weight excluding hydrogens is 350 g/mol. The highest BCUT2D eigenvalue weighted by Gasteiger charge is 2.11. The normalized spacial score (nSPS) is 11.8. The summed E-state index contributed by atoms with van der Waals surface area (Å²) in [6, 6.07) is 12.1. The maximum absolute atomic E-state index is 12.9. The van der Waals surface area contributed by atoms with Gasteiger partial charge in [0.05, 0.1) is 18.5 Å². The van der Waals surface area contributed by atoms with Gasteiger partial charge in [0.1, 0.15) is 11.2 Å². The third kappa shape index (κ3) is 3.52. The van der Waals surface area contributed by atoms with Crippen molar-refractivity contribution in [3.05, 3.63) is 74.6 Å². The van der Waals surface area contributed by atoms with E-state index in [-0.39, 0.29) is 5.69 Å². The van der Waals surface area contributed by atoms with Crippen LogP contribution in [0.5, 0.6) is 5.75 Å². The fourth-order valence-electron chi connectivity index (χ4n) is 3.62. The summed E-state index contributed by atoms with van der Waals surface area (Å²) in [5, 5.41) is 0. The zero-order valence-corrected chi connectivity index (χ0v) is 17.6. The zero-order valence-electron chi connectivity index (χ0n) is 17.6. The predicted molar refractivity (Wildman–Crippen MR) is 113 cm³/mol. The lowest BCUT2D eigenvalue weighted by Gasteiger charge is -2.14. The Balaban J connectivity index is 2.30. The molecule has 0 aliphatic heterocycles. The molecule has 0 fully saturated rings. The Morgan fingerprint density at radius 1 is 0.857 bits per heavy atom. The van der Waals surface area contributed by atoms with Crippen LogP contribution in [-0.4, -0.2) is 16.2 Å². The lowest BCUT2D eigenvalue weighted by molar-refractivity contribution is 0.414. The number of aryl methyl sites for hydroxylation is 4. The second kappa shape index (κ2) is 7.50. The summed E-state index contributed by atoms with van der Waals surface area (Å²) in [6.07, 6.45) is 0. The standard InChI is InChI=1S/C23H27N3O2/c1-14-10-16(3)22(17(4)11-14)24-21-13-20(25(5)23(27)26(21)6)19-9-8-18(28-7)12-15(19)2/h8-13H,1-7H3/b24-21-. The molecule has 3 aromatic rings. The molecule has 0 radical (unpaired) electrons. The highest BCUT2D eigenvalue weighted by atomic mass is 16.5. The van der Waals surface area contributed by atoms with Gasteiger partial charge in [0.15, 0.2) is 0 Å². The third-order valence-electron chi connectivity index (χ3n) is 5.12. The van der Waals surface area contributed by atoms with E-state index in [2.05, 4.69) is 32.9 Å². The lowest BCUT2D eigenvalue weighted by Crippen LogP contribution is -2.37. The van der Waals surface area contributed by atoms with Crippen LogP contribution in [0.3, 0.4) is 0 Å². The van der Waals surface area contributed by atoms with Crippen LogP contribution < -0.4 is 15.9 Å². The smallest absolute Gasteiger partial charge is 0.329 e. The number of hydrogen-bond donors (Lipinski definition) is 0.